The van der Waals surface area contributed by atoms with Crippen LogP contribution in [0.4, 0.5) is 8.78 Å². The van der Waals surface area contributed by atoms with Crippen molar-refractivity contribution < 1.29 is 8.78 Å². The third-order valence-electron chi connectivity index (χ3n) is 1.68. The molecular weight excluding hydrogens is 172 g/mol. The SMILES string of the molecule is CC(=Cc1cc(F)ccc1F)CN. The van der Waals surface area contributed by atoms with Crippen LogP contribution in [0.15, 0.2) is 23.8 Å². The fourth-order valence-corrected chi connectivity index (χ4v) is 0.950. The predicted octanol–water partition coefficient (Wildman–Crippen LogP) is 2.33. The molecule has 0 bridgehead atoms. The van der Waals surface area contributed by atoms with Gasteiger partial charge < -0.3 is 5.73 Å². The van der Waals surface area contributed by atoms with Gasteiger partial charge in [-0.3, -0.25) is 0 Å². The molecule has 0 atom stereocenters. The van der Waals surface area contributed by atoms with Crippen LogP contribution in [0.25, 0.3) is 6.08 Å². The Hall–Kier alpha value is -1.22. The molecule has 0 saturated heterocycles. The van der Waals surface area contributed by atoms with Crippen molar-refractivity contribution in [3.05, 3.63) is 41.0 Å². The molecule has 0 saturated carbocycles. The van der Waals surface area contributed by atoms with Gasteiger partial charge >= 0.3 is 0 Å². The van der Waals surface area contributed by atoms with E-state index in [0.717, 1.165) is 23.8 Å². The van der Waals surface area contributed by atoms with Crippen LogP contribution in [0.1, 0.15) is 12.5 Å². The fourth-order valence-electron chi connectivity index (χ4n) is 0.950. The number of nitrogens with two attached hydrogens (primary N) is 1. The van der Waals surface area contributed by atoms with E-state index in [1.807, 2.05) is 0 Å². The van der Waals surface area contributed by atoms with Crippen LogP contribution in [0, 0.1) is 11.6 Å². The van der Waals surface area contributed by atoms with Gasteiger partial charge in [-0.05, 0) is 25.1 Å². The van der Waals surface area contributed by atoms with E-state index in [4.69, 9.17) is 5.73 Å². The van der Waals surface area contributed by atoms with Gasteiger partial charge in [-0.15, -0.1) is 0 Å². The van der Waals surface area contributed by atoms with Gasteiger partial charge in [-0.2, -0.15) is 0 Å². The first-order valence-corrected chi connectivity index (χ1v) is 3.96. The van der Waals surface area contributed by atoms with Gasteiger partial charge in [0.1, 0.15) is 11.6 Å². The Labute approximate surface area is 75.9 Å². The molecule has 0 radical (unpaired) electrons. The summed E-state index contributed by atoms with van der Waals surface area (Å²) in [5.74, 6) is -0.883. The molecule has 0 aliphatic rings. The summed E-state index contributed by atoms with van der Waals surface area (Å²) in [6.45, 7) is 2.11. The first-order valence-electron chi connectivity index (χ1n) is 3.96. The zero-order chi connectivity index (χ0) is 9.84. The number of benzene rings is 1. The second kappa shape index (κ2) is 4.14. The Morgan fingerprint density at radius 2 is 2.15 bits per heavy atom. The summed E-state index contributed by atoms with van der Waals surface area (Å²) in [6.07, 6.45) is 1.54. The van der Waals surface area contributed by atoms with Crippen molar-refractivity contribution in [2.45, 2.75) is 6.92 Å². The largest absolute Gasteiger partial charge is 0.327 e. The van der Waals surface area contributed by atoms with Crippen LogP contribution in [0.5, 0.6) is 0 Å². The van der Waals surface area contributed by atoms with E-state index in [1.165, 1.54) is 0 Å². The lowest BCUT2D eigenvalue weighted by Gasteiger charge is -1.99. The van der Waals surface area contributed by atoms with E-state index >= 15 is 0 Å². The lowest BCUT2D eigenvalue weighted by molar-refractivity contribution is 0.598. The van der Waals surface area contributed by atoms with E-state index in [1.54, 1.807) is 13.0 Å². The Bertz CT molecular complexity index is 332. The monoisotopic (exact) mass is 183 g/mol. The molecule has 3 heteroatoms. The molecule has 0 fully saturated rings. The van der Waals surface area contributed by atoms with Gasteiger partial charge in [0.25, 0.3) is 0 Å². The van der Waals surface area contributed by atoms with Crippen LogP contribution in [0.3, 0.4) is 0 Å². The number of halogens is 2. The minimum absolute atomic E-state index is 0.239. The van der Waals surface area contributed by atoms with Gasteiger partial charge in [0.05, 0.1) is 0 Å². The van der Waals surface area contributed by atoms with Crippen LogP contribution < -0.4 is 5.73 Å². The average molecular weight is 183 g/mol. The summed E-state index contributed by atoms with van der Waals surface area (Å²) in [4.78, 5) is 0. The molecule has 0 amide bonds. The van der Waals surface area contributed by atoms with Crippen molar-refractivity contribution in [3.63, 3.8) is 0 Å². The van der Waals surface area contributed by atoms with E-state index in [9.17, 15) is 8.78 Å². The fraction of sp³-hybridized carbons (Fsp3) is 0.200. The summed E-state index contributed by atoms with van der Waals surface area (Å²) in [5, 5.41) is 0. The normalized spacial score (nSPS) is 11.8. The second-order valence-corrected chi connectivity index (χ2v) is 2.86. The number of hydrogen-bond acceptors (Lipinski definition) is 1. The van der Waals surface area contributed by atoms with Crippen LogP contribution in [-0.2, 0) is 0 Å². The Morgan fingerprint density at radius 1 is 1.46 bits per heavy atom. The predicted molar refractivity (Wildman–Crippen MR) is 49.1 cm³/mol. The topological polar surface area (TPSA) is 26.0 Å². The van der Waals surface area contributed by atoms with E-state index in [2.05, 4.69) is 0 Å². The highest BCUT2D eigenvalue weighted by Crippen LogP contribution is 2.12. The number of rotatable bonds is 2. The van der Waals surface area contributed by atoms with Crippen LogP contribution >= 0.6 is 0 Å². The molecule has 2 N–H and O–H groups in total. The molecular formula is C10H11F2N. The first kappa shape index (κ1) is 9.86. The van der Waals surface area contributed by atoms with Crippen molar-refractivity contribution in [3.8, 4) is 0 Å². The molecule has 1 nitrogen and oxygen atoms in total. The van der Waals surface area contributed by atoms with Crippen LogP contribution in [-0.4, -0.2) is 6.54 Å². The third-order valence-corrected chi connectivity index (χ3v) is 1.68. The summed E-state index contributed by atoms with van der Waals surface area (Å²) in [7, 11) is 0. The Balaban J connectivity index is 3.07. The highest BCUT2D eigenvalue weighted by Gasteiger charge is 2.00. The Morgan fingerprint density at radius 3 is 2.77 bits per heavy atom. The molecule has 1 aromatic carbocycles. The van der Waals surface area contributed by atoms with Crippen molar-refractivity contribution in [2.75, 3.05) is 6.54 Å². The lowest BCUT2D eigenvalue weighted by atomic mass is 10.1. The molecule has 0 aliphatic carbocycles. The minimum atomic E-state index is -0.447. The van der Waals surface area contributed by atoms with E-state index in [-0.39, 0.29) is 5.56 Å². The van der Waals surface area contributed by atoms with E-state index < -0.39 is 11.6 Å². The third kappa shape index (κ3) is 2.63. The molecule has 0 aromatic heterocycles. The minimum Gasteiger partial charge on any atom is -0.327 e. The highest BCUT2D eigenvalue weighted by molar-refractivity contribution is 5.53. The quantitative estimate of drug-likeness (QED) is 0.748. The molecule has 0 heterocycles. The van der Waals surface area contributed by atoms with Gasteiger partial charge in [-0.1, -0.05) is 11.6 Å². The number of hydrogen-bond donors (Lipinski definition) is 1. The zero-order valence-electron chi connectivity index (χ0n) is 7.35. The standard InChI is InChI=1S/C10H11F2N/c1-7(6-13)4-8-5-9(11)2-3-10(8)12/h2-5H,6,13H2,1H3. The smallest absolute Gasteiger partial charge is 0.130 e. The summed E-state index contributed by atoms with van der Waals surface area (Å²) >= 11 is 0. The van der Waals surface area contributed by atoms with Crippen molar-refractivity contribution in [2.24, 2.45) is 5.73 Å². The summed E-state index contributed by atoms with van der Waals surface area (Å²) in [5.41, 5.74) is 6.37. The molecule has 0 spiro atoms. The van der Waals surface area contributed by atoms with Gasteiger partial charge in [-0.25, -0.2) is 8.78 Å². The van der Waals surface area contributed by atoms with Gasteiger partial charge in [0.2, 0.25) is 0 Å². The molecule has 1 rings (SSSR count). The maximum absolute atomic E-state index is 13.0. The highest BCUT2D eigenvalue weighted by atomic mass is 19.1. The van der Waals surface area contributed by atoms with Crippen molar-refractivity contribution in [1.82, 2.24) is 0 Å². The summed E-state index contributed by atoms with van der Waals surface area (Å²) < 4.78 is 25.7. The molecule has 13 heavy (non-hydrogen) atoms. The molecule has 0 unspecified atom stereocenters. The van der Waals surface area contributed by atoms with Crippen molar-refractivity contribution in [1.29, 1.82) is 0 Å². The van der Waals surface area contributed by atoms with Crippen LogP contribution in [0.2, 0.25) is 0 Å². The Kier molecular flexibility index (Phi) is 3.14. The molecule has 70 valence electrons. The molecule has 0 aliphatic heterocycles. The maximum atomic E-state index is 13.0. The van der Waals surface area contributed by atoms with Gasteiger partial charge in [0, 0.05) is 12.1 Å². The van der Waals surface area contributed by atoms with Gasteiger partial charge in [0.15, 0.2) is 0 Å². The second-order valence-electron chi connectivity index (χ2n) is 2.86. The van der Waals surface area contributed by atoms with E-state index in [0.29, 0.717) is 6.54 Å². The van der Waals surface area contributed by atoms with Crippen molar-refractivity contribution >= 4 is 6.08 Å². The average Bonchev–Trinajstić information content (AvgIpc) is 2.11. The zero-order valence-corrected chi connectivity index (χ0v) is 7.35. The molecule has 1 aromatic rings. The summed E-state index contributed by atoms with van der Waals surface area (Å²) in [6, 6.07) is 3.34. The first-order chi connectivity index (χ1) is 6.13. The lowest BCUT2D eigenvalue weighted by Crippen LogP contribution is -1.99. The maximum Gasteiger partial charge on any atom is 0.130 e.